The maximum absolute atomic E-state index is 12.5. The lowest BCUT2D eigenvalue weighted by Crippen LogP contribution is -2.32. The number of aryl methyl sites for hydroxylation is 2. The fraction of sp³-hybridized carbons (Fsp3) is 0.529. The lowest BCUT2D eigenvalue weighted by Gasteiger charge is -2.30. The predicted molar refractivity (Wildman–Crippen MR) is 91.9 cm³/mol. The van der Waals surface area contributed by atoms with Crippen LogP contribution >= 0.6 is 11.3 Å². The van der Waals surface area contributed by atoms with Crippen molar-refractivity contribution in [2.75, 3.05) is 7.11 Å². The Bertz CT molecular complexity index is 763. The van der Waals surface area contributed by atoms with Gasteiger partial charge < -0.3 is 9.47 Å². The molecule has 134 valence electrons. The molecule has 2 atom stereocenters. The topological polar surface area (TPSA) is 83.3 Å². The Balaban J connectivity index is 1.75. The van der Waals surface area contributed by atoms with Gasteiger partial charge in [0.05, 0.1) is 19.3 Å². The normalized spacial score (nSPS) is 20.3. The fourth-order valence-electron chi connectivity index (χ4n) is 3.02. The van der Waals surface area contributed by atoms with Gasteiger partial charge in [-0.05, 0) is 44.7 Å². The smallest absolute Gasteiger partial charge is 0.360 e. The van der Waals surface area contributed by atoms with E-state index in [4.69, 9.17) is 4.74 Å². The zero-order valence-corrected chi connectivity index (χ0v) is 15.3. The van der Waals surface area contributed by atoms with Gasteiger partial charge in [0.2, 0.25) is 0 Å². The highest BCUT2D eigenvalue weighted by Gasteiger charge is 2.32. The van der Waals surface area contributed by atoms with Crippen LogP contribution in [0.2, 0.25) is 0 Å². The first-order valence-electron chi connectivity index (χ1n) is 8.27. The van der Waals surface area contributed by atoms with Crippen molar-refractivity contribution >= 4 is 23.3 Å². The summed E-state index contributed by atoms with van der Waals surface area (Å²) in [5, 5.41) is 7.88. The van der Waals surface area contributed by atoms with Crippen LogP contribution < -0.4 is 0 Å². The molecule has 2 aromatic heterocycles. The number of aromatic nitrogens is 3. The molecular formula is C17H21N3O4S. The number of thiophene rings is 1. The second kappa shape index (κ2) is 7.35. The molecule has 2 unspecified atom stereocenters. The molecule has 0 amide bonds. The summed E-state index contributed by atoms with van der Waals surface area (Å²) in [4.78, 5) is 25.8. The first-order chi connectivity index (χ1) is 12.0. The van der Waals surface area contributed by atoms with E-state index in [2.05, 4.69) is 15.0 Å². The molecule has 1 saturated carbocycles. The Hall–Kier alpha value is -2.22. The van der Waals surface area contributed by atoms with E-state index in [9.17, 15) is 9.59 Å². The average Bonchev–Trinajstić information content (AvgIpc) is 3.22. The third kappa shape index (κ3) is 3.73. The number of esters is 2. The third-order valence-electron chi connectivity index (χ3n) is 4.54. The predicted octanol–water partition coefficient (Wildman–Crippen LogP) is 3.08. The summed E-state index contributed by atoms with van der Waals surface area (Å²) in [5.41, 5.74) is 1.25. The highest BCUT2D eigenvalue weighted by Crippen LogP contribution is 2.32. The van der Waals surface area contributed by atoms with Crippen LogP contribution in [-0.2, 0) is 9.47 Å². The Morgan fingerprint density at radius 1 is 1.24 bits per heavy atom. The van der Waals surface area contributed by atoms with E-state index in [1.165, 1.54) is 18.4 Å². The van der Waals surface area contributed by atoms with Gasteiger partial charge in [0, 0.05) is 4.88 Å². The van der Waals surface area contributed by atoms with Crippen LogP contribution in [0.1, 0.15) is 62.3 Å². The molecule has 25 heavy (non-hydrogen) atoms. The lowest BCUT2D eigenvalue weighted by atomic mass is 9.92. The van der Waals surface area contributed by atoms with Gasteiger partial charge in [-0.2, -0.15) is 0 Å². The zero-order chi connectivity index (χ0) is 18.0. The average molecular weight is 363 g/mol. The Kier molecular flexibility index (Phi) is 5.17. The molecule has 0 aromatic carbocycles. The minimum absolute atomic E-state index is 0.120. The molecule has 8 heteroatoms. The summed E-state index contributed by atoms with van der Waals surface area (Å²) >= 11 is 1.45. The van der Waals surface area contributed by atoms with Crippen LogP contribution in [0.5, 0.6) is 0 Å². The van der Waals surface area contributed by atoms with Crippen molar-refractivity contribution in [3.05, 3.63) is 33.3 Å². The number of ether oxygens (including phenoxy) is 2. The van der Waals surface area contributed by atoms with Gasteiger partial charge >= 0.3 is 11.9 Å². The quantitative estimate of drug-likeness (QED) is 0.776. The molecule has 0 bridgehead atoms. The second-order valence-corrected chi connectivity index (χ2v) is 7.48. The largest absolute Gasteiger partial charge is 0.464 e. The molecule has 1 fully saturated rings. The highest BCUT2D eigenvalue weighted by atomic mass is 32.1. The van der Waals surface area contributed by atoms with E-state index < -0.39 is 5.97 Å². The van der Waals surface area contributed by atoms with Gasteiger partial charge in [-0.25, -0.2) is 14.3 Å². The number of methoxy groups -OCH3 is 1. The molecule has 0 radical (unpaired) electrons. The zero-order valence-electron chi connectivity index (χ0n) is 14.5. The molecule has 7 nitrogen and oxygen atoms in total. The number of hydrogen-bond donors (Lipinski definition) is 0. The molecule has 0 spiro atoms. The minimum atomic E-state index is -0.528. The van der Waals surface area contributed by atoms with E-state index in [0.29, 0.717) is 4.88 Å². The molecule has 2 aromatic rings. The summed E-state index contributed by atoms with van der Waals surface area (Å²) in [6.07, 6.45) is 4.88. The van der Waals surface area contributed by atoms with Gasteiger partial charge in [0.15, 0.2) is 5.69 Å². The van der Waals surface area contributed by atoms with E-state index >= 15 is 0 Å². The Labute approximate surface area is 149 Å². The molecule has 1 aliphatic rings. The van der Waals surface area contributed by atoms with Crippen LogP contribution in [-0.4, -0.2) is 40.1 Å². The van der Waals surface area contributed by atoms with Gasteiger partial charge in [0.25, 0.3) is 0 Å². The van der Waals surface area contributed by atoms with Crippen LogP contribution in [0, 0.1) is 13.8 Å². The second-order valence-electron chi connectivity index (χ2n) is 6.22. The first kappa shape index (κ1) is 17.6. The van der Waals surface area contributed by atoms with E-state index in [1.54, 1.807) is 10.9 Å². The number of rotatable bonds is 4. The van der Waals surface area contributed by atoms with Crippen molar-refractivity contribution in [3.63, 3.8) is 0 Å². The van der Waals surface area contributed by atoms with Crippen LogP contribution in [0.3, 0.4) is 0 Å². The van der Waals surface area contributed by atoms with E-state index in [0.717, 1.165) is 36.1 Å². The minimum Gasteiger partial charge on any atom is -0.464 e. The Morgan fingerprint density at radius 2 is 2.00 bits per heavy atom. The van der Waals surface area contributed by atoms with Gasteiger partial charge in [0.1, 0.15) is 11.0 Å². The van der Waals surface area contributed by atoms with Crippen molar-refractivity contribution in [3.8, 4) is 0 Å². The number of carbonyl (C=O) groups is 2. The van der Waals surface area contributed by atoms with Crippen molar-refractivity contribution in [2.24, 2.45) is 0 Å². The van der Waals surface area contributed by atoms with Crippen LogP contribution in [0.25, 0.3) is 0 Å². The third-order valence-corrected chi connectivity index (χ3v) is 5.67. The van der Waals surface area contributed by atoms with Crippen molar-refractivity contribution < 1.29 is 19.1 Å². The SMILES string of the molecule is COC(=O)c1cn(C2CCCCC2OC(=O)c2cc(C)c(C)s2)nn1. The lowest BCUT2D eigenvalue weighted by molar-refractivity contribution is 0.00223. The molecule has 1 aliphatic carbocycles. The van der Waals surface area contributed by atoms with Crippen molar-refractivity contribution in [1.29, 1.82) is 0 Å². The number of hydrogen-bond acceptors (Lipinski definition) is 7. The summed E-state index contributed by atoms with van der Waals surface area (Å²) in [6, 6.07) is 1.75. The number of nitrogens with zero attached hydrogens (tertiary/aromatic N) is 3. The fourth-order valence-corrected chi connectivity index (χ4v) is 3.94. The molecule has 3 rings (SSSR count). The number of carbonyl (C=O) groups excluding carboxylic acids is 2. The molecule has 0 saturated heterocycles. The first-order valence-corrected chi connectivity index (χ1v) is 9.09. The van der Waals surface area contributed by atoms with Gasteiger partial charge in [-0.3, -0.25) is 0 Å². The monoisotopic (exact) mass is 363 g/mol. The summed E-state index contributed by atoms with van der Waals surface area (Å²) in [6.45, 7) is 3.97. The van der Waals surface area contributed by atoms with Crippen LogP contribution in [0.4, 0.5) is 0 Å². The molecule has 0 N–H and O–H groups in total. The summed E-state index contributed by atoms with van der Waals surface area (Å²) in [7, 11) is 1.30. The van der Waals surface area contributed by atoms with Gasteiger partial charge in [-0.15, -0.1) is 16.4 Å². The van der Waals surface area contributed by atoms with Crippen molar-refractivity contribution in [2.45, 2.75) is 51.7 Å². The molecule has 0 aliphatic heterocycles. The summed E-state index contributed by atoms with van der Waals surface area (Å²) in [5.74, 6) is -0.827. The maximum atomic E-state index is 12.5. The van der Waals surface area contributed by atoms with Crippen LogP contribution in [0.15, 0.2) is 12.3 Å². The maximum Gasteiger partial charge on any atom is 0.360 e. The standard InChI is InChI=1S/C17H21N3O4S/c1-10-8-15(25-11(10)2)17(22)24-14-7-5-4-6-13(14)20-9-12(18-19-20)16(21)23-3/h8-9,13-14H,4-7H2,1-3H3. The molecule has 2 heterocycles. The highest BCUT2D eigenvalue weighted by molar-refractivity contribution is 7.14. The Morgan fingerprint density at radius 3 is 2.68 bits per heavy atom. The van der Waals surface area contributed by atoms with Gasteiger partial charge in [-0.1, -0.05) is 11.6 Å². The van der Waals surface area contributed by atoms with E-state index in [-0.39, 0.29) is 23.8 Å². The van der Waals surface area contributed by atoms with Crippen molar-refractivity contribution in [1.82, 2.24) is 15.0 Å². The molecular weight excluding hydrogens is 342 g/mol. The summed E-state index contributed by atoms with van der Waals surface area (Å²) < 4.78 is 12.1. The van der Waals surface area contributed by atoms with E-state index in [1.807, 2.05) is 19.9 Å².